The van der Waals surface area contributed by atoms with E-state index in [1.807, 2.05) is 24.4 Å². The van der Waals surface area contributed by atoms with E-state index in [-0.39, 0.29) is 6.61 Å². The van der Waals surface area contributed by atoms with E-state index in [4.69, 9.17) is 5.11 Å². The molecule has 0 saturated heterocycles. The van der Waals surface area contributed by atoms with Gasteiger partial charge in [-0.05, 0) is 24.6 Å². The van der Waals surface area contributed by atoms with Gasteiger partial charge in [0.1, 0.15) is 10.7 Å². The number of aliphatic hydroxyl groups is 2. The van der Waals surface area contributed by atoms with Gasteiger partial charge in [0, 0.05) is 18.5 Å². The van der Waals surface area contributed by atoms with Crippen LogP contribution in [0.1, 0.15) is 19.5 Å². The van der Waals surface area contributed by atoms with Crippen LogP contribution in [0.5, 0.6) is 0 Å². The maximum Gasteiger partial charge on any atom is 0.138 e. The standard InChI is InChI=1S/C15H23N3O2S/c1-11(2)7-16-8-13-15(21-10-12(20)9-19)17-14-5-3-4-6-18(13)14/h3-6,11-12,16,19-20H,7-10H2,1-2H3. The maximum absolute atomic E-state index is 9.51. The summed E-state index contributed by atoms with van der Waals surface area (Å²) in [6.45, 7) is 5.81. The minimum absolute atomic E-state index is 0.221. The number of aromatic nitrogens is 2. The number of hydrogen-bond donors (Lipinski definition) is 3. The first kappa shape index (κ1) is 16.3. The van der Waals surface area contributed by atoms with Crippen molar-refractivity contribution < 1.29 is 10.2 Å². The van der Waals surface area contributed by atoms with Crippen molar-refractivity contribution in [3.05, 3.63) is 30.1 Å². The molecule has 5 nitrogen and oxygen atoms in total. The number of aliphatic hydroxyl groups excluding tert-OH is 2. The Labute approximate surface area is 129 Å². The molecular formula is C15H23N3O2S. The molecule has 0 fully saturated rings. The van der Waals surface area contributed by atoms with Crippen LogP contribution in [-0.2, 0) is 6.54 Å². The zero-order valence-corrected chi connectivity index (χ0v) is 13.3. The fraction of sp³-hybridized carbons (Fsp3) is 0.533. The molecule has 0 saturated carbocycles. The summed E-state index contributed by atoms with van der Waals surface area (Å²) >= 11 is 1.48. The summed E-state index contributed by atoms with van der Waals surface area (Å²) < 4.78 is 2.07. The fourth-order valence-electron chi connectivity index (χ4n) is 2.01. The zero-order valence-electron chi connectivity index (χ0n) is 12.5. The van der Waals surface area contributed by atoms with Crippen LogP contribution >= 0.6 is 11.8 Å². The fourth-order valence-corrected chi connectivity index (χ4v) is 2.96. The summed E-state index contributed by atoms with van der Waals surface area (Å²) in [4.78, 5) is 4.61. The molecule has 0 spiro atoms. The van der Waals surface area contributed by atoms with Crippen molar-refractivity contribution >= 4 is 17.4 Å². The molecule has 3 N–H and O–H groups in total. The van der Waals surface area contributed by atoms with Crippen molar-refractivity contribution in [1.29, 1.82) is 0 Å². The van der Waals surface area contributed by atoms with Crippen molar-refractivity contribution in [1.82, 2.24) is 14.7 Å². The Kier molecular flexibility index (Phi) is 6.05. The summed E-state index contributed by atoms with van der Waals surface area (Å²) in [6.07, 6.45) is 1.29. The van der Waals surface area contributed by atoms with E-state index < -0.39 is 6.10 Å². The highest BCUT2D eigenvalue weighted by Gasteiger charge is 2.14. The van der Waals surface area contributed by atoms with Gasteiger partial charge in [-0.25, -0.2) is 4.98 Å². The van der Waals surface area contributed by atoms with Crippen LogP contribution in [0, 0.1) is 5.92 Å². The third-order valence-electron chi connectivity index (χ3n) is 3.06. The molecule has 2 heterocycles. The second-order valence-corrected chi connectivity index (χ2v) is 6.47. The summed E-state index contributed by atoms with van der Waals surface area (Å²) in [5.74, 6) is 1.04. The van der Waals surface area contributed by atoms with Crippen LogP contribution in [-0.4, -0.2) is 44.6 Å². The highest BCUT2D eigenvalue weighted by molar-refractivity contribution is 7.99. The molecule has 21 heavy (non-hydrogen) atoms. The van der Waals surface area contributed by atoms with Gasteiger partial charge in [0.25, 0.3) is 0 Å². The van der Waals surface area contributed by atoms with E-state index in [1.165, 1.54) is 11.8 Å². The summed E-state index contributed by atoms with van der Waals surface area (Å²) in [7, 11) is 0. The van der Waals surface area contributed by atoms with E-state index in [9.17, 15) is 5.11 Å². The Bertz CT molecular complexity index is 571. The number of hydrogen-bond acceptors (Lipinski definition) is 5. The van der Waals surface area contributed by atoms with E-state index in [1.54, 1.807) is 0 Å². The molecule has 2 aromatic rings. The van der Waals surface area contributed by atoms with Crippen molar-refractivity contribution in [3.63, 3.8) is 0 Å². The Morgan fingerprint density at radius 1 is 1.38 bits per heavy atom. The second kappa shape index (κ2) is 7.79. The average Bonchev–Trinajstić information content (AvgIpc) is 2.82. The normalized spacial score (nSPS) is 13.2. The molecular weight excluding hydrogens is 286 g/mol. The summed E-state index contributed by atoms with van der Waals surface area (Å²) in [5.41, 5.74) is 2.00. The SMILES string of the molecule is CC(C)CNCc1c(SCC(O)CO)nc2ccccn12. The van der Waals surface area contributed by atoms with Gasteiger partial charge in [-0.2, -0.15) is 0 Å². The van der Waals surface area contributed by atoms with Crippen LogP contribution in [0.25, 0.3) is 5.65 Å². The predicted octanol–water partition coefficient (Wildman–Crippen LogP) is 1.53. The molecule has 0 radical (unpaired) electrons. The predicted molar refractivity (Wildman–Crippen MR) is 85.6 cm³/mol. The number of nitrogens with zero attached hydrogens (tertiary/aromatic N) is 2. The van der Waals surface area contributed by atoms with Crippen LogP contribution in [0.15, 0.2) is 29.4 Å². The van der Waals surface area contributed by atoms with E-state index in [2.05, 4.69) is 28.5 Å². The lowest BCUT2D eigenvalue weighted by Crippen LogP contribution is -2.20. The first-order valence-corrected chi connectivity index (χ1v) is 8.18. The molecule has 0 aromatic carbocycles. The molecule has 2 rings (SSSR count). The van der Waals surface area contributed by atoms with Crippen LogP contribution < -0.4 is 5.32 Å². The van der Waals surface area contributed by atoms with Crippen molar-refractivity contribution in [2.45, 2.75) is 31.5 Å². The molecule has 2 aromatic heterocycles. The lowest BCUT2D eigenvalue weighted by molar-refractivity contribution is 0.113. The molecule has 1 unspecified atom stereocenters. The third kappa shape index (κ3) is 4.44. The molecule has 0 amide bonds. The molecule has 6 heteroatoms. The van der Waals surface area contributed by atoms with Crippen LogP contribution in [0.3, 0.4) is 0 Å². The first-order valence-electron chi connectivity index (χ1n) is 7.20. The van der Waals surface area contributed by atoms with Crippen LogP contribution in [0.2, 0.25) is 0 Å². The number of thioether (sulfide) groups is 1. The quantitative estimate of drug-likeness (QED) is 0.645. The van der Waals surface area contributed by atoms with Gasteiger partial charge in [0.15, 0.2) is 0 Å². The smallest absolute Gasteiger partial charge is 0.138 e. The minimum atomic E-state index is -0.712. The molecule has 0 aliphatic carbocycles. The third-order valence-corrected chi connectivity index (χ3v) is 4.21. The molecule has 0 aliphatic rings. The van der Waals surface area contributed by atoms with Gasteiger partial charge in [0.05, 0.1) is 18.4 Å². The monoisotopic (exact) mass is 309 g/mol. The highest BCUT2D eigenvalue weighted by atomic mass is 32.2. The lowest BCUT2D eigenvalue weighted by Gasteiger charge is -2.10. The molecule has 116 valence electrons. The average molecular weight is 309 g/mol. The summed E-state index contributed by atoms with van der Waals surface area (Å²) in [5, 5.41) is 22.8. The van der Waals surface area contributed by atoms with Gasteiger partial charge in [0.2, 0.25) is 0 Å². The Morgan fingerprint density at radius 3 is 2.90 bits per heavy atom. The lowest BCUT2D eigenvalue weighted by atomic mass is 10.2. The molecule has 1 atom stereocenters. The number of rotatable bonds is 8. The van der Waals surface area contributed by atoms with Gasteiger partial charge >= 0.3 is 0 Å². The first-order chi connectivity index (χ1) is 10.1. The number of fused-ring (bicyclic) bond motifs is 1. The molecule has 0 bridgehead atoms. The van der Waals surface area contributed by atoms with Gasteiger partial charge < -0.3 is 19.9 Å². The van der Waals surface area contributed by atoms with Crippen molar-refractivity contribution in [3.8, 4) is 0 Å². The molecule has 0 aliphatic heterocycles. The van der Waals surface area contributed by atoms with E-state index >= 15 is 0 Å². The number of imidazole rings is 1. The maximum atomic E-state index is 9.51. The number of nitrogens with one attached hydrogen (secondary N) is 1. The highest BCUT2D eigenvalue weighted by Crippen LogP contribution is 2.24. The Morgan fingerprint density at radius 2 is 2.19 bits per heavy atom. The van der Waals surface area contributed by atoms with E-state index in [0.717, 1.165) is 29.5 Å². The van der Waals surface area contributed by atoms with Gasteiger partial charge in [-0.15, -0.1) is 11.8 Å². The Balaban J connectivity index is 2.17. The second-order valence-electron chi connectivity index (χ2n) is 5.46. The topological polar surface area (TPSA) is 69.8 Å². The van der Waals surface area contributed by atoms with Crippen molar-refractivity contribution in [2.75, 3.05) is 18.9 Å². The Hall–Kier alpha value is -1.08. The van der Waals surface area contributed by atoms with Gasteiger partial charge in [-0.3, -0.25) is 0 Å². The van der Waals surface area contributed by atoms with Gasteiger partial charge in [-0.1, -0.05) is 19.9 Å². The van der Waals surface area contributed by atoms with Crippen LogP contribution in [0.4, 0.5) is 0 Å². The minimum Gasteiger partial charge on any atom is -0.394 e. The largest absolute Gasteiger partial charge is 0.394 e. The van der Waals surface area contributed by atoms with Crippen molar-refractivity contribution in [2.24, 2.45) is 5.92 Å². The zero-order chi connectivity index (χ0) is 15.2. The summed E-state index contributed by atoms with van der Waals surface area (Å²) in [6, 6.07) is 5.92. The van der Waals surface area contributed by atoms with E-state index in [0.29, 0.717) is 11.7 Å². The number of pyridine rings is 1.